The summed E-state index contributed by atoms with van der Waals surface area (Å²) in [6, 6.07) is 11.9. The second-order valence-corrected chi connectivity index (χ2v) is 11.2. The van der Waals surface area contributed by atoms with E-state index in [1.807, 2.05) is 6.92 Å². The zero-order chi connectivity index (χ0) is 30.7. The van der Waals surface area contributed by atoms with Gasteiger partial charge >= 0.3 is 12.1 Å². The van der Waals surface area contributed by atoms with E-state index in [1.165, 1.54) is 23.7 Å². The summed E-state index contributed by atoms with van der Waals surface area (Å²) in [6.07, 6.45) is -3.39. The molecule has 0 radical (unpaired) electrons. The van der Waals surface area contributed by atoms with Crippen molar-refractivity contribution in [3.8, 4) is 16.6 Å². The average molecular weight is 621 g/mol. The molecule has 2 aromatic carbocycles. The molecule has 1 fully saturated rings. The van der Waals surface area contributed by atoms with Gasteiger partial charge in [-0.05, 0) is 50.3 Å². The van der Waals surface area contributed by atoms with Crippen LogP contribution in [0.4, 0.5) is 13.2 Å². The van der Waals surface area contributed by atoms with Gasteiger partial charge in [0.25, 0.3) is 5.56 Å². The third-order valence-electron chi connectivity index (χ3n) is 7.06. The summed E-state index contributed by atoms with van der Waals surface area (Å²) in [4.78, 5) is 27.4. The molecule has 0 saturated carbocycles. The minimum atomic E-state index is -4.90. The molecule has 0 amide bonds. The Kier molecular flexibility index (Phi) is 9.25. The van der Waals surface area contributed by atoms with Crippen LogP contribution in [0.1, 0.15) is 48.5 Å². The number of benzene rings is 2. The van der Waals surface area contributed by atoms with E-state index in [1.54, 1.807) is 24.3 Å². The zero-order valence-electron chi connectivity index (χ0n) is 23.6. The maximum absolute atomic E-state index is 13.9. The molecule has 9 nitrogen and oxygen atoms in total. The lowest BCUT2D eigenvalue weighted by atomic mass is 10.0. The Morgan fingerprint density at radius 2 is 1.86 bits per heavy atom. The molecule has 5 rings (SSSR count). The van der Waals surface area contributed by atoms with Gasteiger partial charge in [-0.2, -0.15) is 0 Å². The van der Waals surface area contributed by atoms with Crippen molar-refractivity contribution in [2.45, 2.75) is 57.9 Å². The Hall–Kier alpha value is -3.65. The lowest BCUT2D eigenvalue weighted by Gasteiger charge is -2.22. The van der Waals surface area contributed by atoms with Gasteiger partial charge in [0, 0.05) is 26.3 Å². The molecule has 0 spiro atoms. The highest BCUT2D eigenvalue weighted by atomic mass is 32.1. The van der Waals surface area contributed by atoms with Crippen LogP contribution in [0.3, 0.4) is 0 Å². The summed E-state index contributed by atoms with van der Waals surface area (Å²) in [5.74, 6) is -0.514. The molecule has 4 aromatic rings. The summed E-state index contributed by atoms with van der Waals surface area (Å²) in [5.41, 5.74) is 0.344. The number of hydrogen-bond acceptors (Lipinski definition) is 8. The molecule has 2 aromatic heterocycles. The van der Waals surface area contributed by atoms with E-state index in [-0.39, 0.29) is 46.0 Å². The number of aliphatic hydroxyl groups is 1. The number of nitrogens with zero attached hydrogens (tertiary/aromatic N) is 2. The smallest absolute Gasteiger partial charge is 0.446 e. The number of aromatic nitrogens is 2. The van der Waals surface area contributed by atoms with Gasteiger partial charge in [-0.1, -0.05) is 47.2 Å². The Bertz CT molecular complexity index is 1690. The standard InChI is InChI=1S/C30H31F3N2O7S/c1-18-10-12-19(13-11-18)25(36)23-24-26(37)35(14-6-16-40-22-9-3-4-15-39-22)29(38)34(2)27(24)43-28(23)41-20-7-5-8-21(17-20)42-30(31,32)33/h5,7-8,10-13,17,22,25,36H,3-4,6,9,14-16H2,1-2H3. The van der Waals surface area contributed by atoms with Crippen molar-refractivity contribution >= 4 is 21.6 Å². The number of ether oxygens (including phenoxy) is 4. The number of thiophene rings is 1. The topological polar surface area (TPSA) is 101 Å². The molecular weight excluding hydrogens is 589 g/mol. The Morgan fingerprint density at radius 1 is 1.12 bits per heavy atom. The normalized spacial score (nSPS) is 16.4. The van der Waals surface area contributed by atoms with Crippen LogP contribution in [0, 0.1) is 6.92 Å². The molecule has 0 bridgehead atoms. The fraction of sp³-hybridized carbons (Fsp3) is 0.400. The van der Waals surface area contributed by atoms with E-state index < -0.39 is 29.5 Å². The first kappa shape index (κ1) is 30.8. The van der Waals surface area contributed by atoms with Gasteiger partial charge in [0.2, 0.25) is 0 Å². The fourth-order valence-corrected chi connectivity index (χ4v) is 6.05. The quantitative estimate of drug-likeness (QED) is 0.225. The summed E-state index contributed by atoms with van der Waals surface area (Å²) in [6.45, 7) is 2.87. The summed E-state index contributed by atoms with van der Waals surface area (Å²) >= 11 is 0.938. The van der Waals surface area contributed by atoms with E-state index in [4.69, 9.17) is 14.2 Å². The van der Waals surface area contributed by atoms with E-state index in [2.05, 4.69) is 4.74 Å². The van der Waals surface area contributed by atoms with Gasteiger partial charge in [-0.25, -0.2) is 4.79 Å². The number of aryl methyl sites for hydroxylation is 2. The molecule has 0 aliphatic carbocycles. The Morgan fingerprint density at radius 3 is 2.56 bits per heavy atom. The highest BCUT2D eigenvalue weighted by Crippen LogP contribution is 2.44. The SMILES string of the molecule is Cc1ccc(C(O)c2c(Oc3cccc(OC(F)(F)F)c3)sc3c2c(=O)n(CCCOC2CCCCO2)c(=O)n3C)cc1. The maximum atomic E-state index is 13.9. The lowest BCUT2D eigenvalue weighted by Crippen LogP contribution is -2.39. The van der Waals surface area contributed by atoms with Crippen LogP contribution in [0.2, 0.25) is 0 Å². The van der Waals surface area contributed by atoms with Gasteiger partial charge in [-0.15, -0.1) is 13.2 Å². The maximum Gasteiger partial charge on any atom is 0.573 e. The van der Waals surface area contributed by atoms with Crippen LogP contribution in [0.15, 0.2) is 58.1 Å². The van der Waals surface area contributed by atoms with Crippen molar-refractivity contribution < 1.29 is 37.2 Å². The molecule has 13 heteroatoms. The van der Waals surface area contributed by atoms with Crippen LogP contribution in [0.5, 0.6) is 16.6 Å². The van der Waals surface area contributed by atoms with Gasteiger partial charge < -0.3 is 24.1 Å². The minimum absolute atomic E-state index is 0.0157. The molecule has 1 saturated heterocycles. The fourth-order valence-electron chi connectivity index (χ4n) is 4.90. The second-order valence-electron chi connectivity index (χ2n) is 10.2. The van der Waals surface area contributed by atoms with Gasteiger partial charge in [0.05, 0.1) is 17.6 Å². The molecule has 230 valence electrons. The van der Waals surface area contributed by atoms with Gasteiger partial charge in [0.15, 0.2) is 11.4 Å². The van der Waals surface area contributed by atoms with Gasteiger partial charge in [-0.3, -0.25) is 13.9 Å². The third kappa shape index (κ3) is 7.12. The predicted molar refractivity (Wildman–Crippen MR) is 154 cm³/mol. The first-order valence-electron chi connectivity index (χ1n) is 13.8. The molecule has 1 N–H and O–H groups in total. The number of rotatable bonds is 10. The van der Waals surface area contributed by atoms with Crippen LogP contribution in [-0.2, 0) is 23.1 Å². The lowest BCUT2D eigenvalue weighted by molar-refractivity contribution is -0.274. The van der Waals surface area contributed by atoms with Crippen LogP contribution in [-0.4, -0.2) is 40.1 Å². The molecule has 2 atom stereocenters. The average Bonchev–Trinajstić information content (AvgIpc) is 3.34. The largest absolute Gasteiger partial charge is 0.573 e. The zero-order valence-corrected chi connectivity index (χ0v) is 24.4. The molecule has 3 heterocycles. The van der Waals surface area contributed by atoms with Crippen molar-refractivity contribution in [1.82, 2.24) is 9.13 Å². The molecule has 1 aliphatic rings. The summed E-state index contributed by atoms with van der Waals surface area (Å²) < 4.78 is 62.2. The monoisotopic (exact) mass is 620 g/mol. The number of hydrogen-bond donors (Lipinski definition) is 1. The molecule has 43 heavy (non-hydrogen) atoms. The highest BCUT2D eigenvalue weighted by molar-refractivity contribution is 7.20. The van der Waals surface area contributed by atoms with E-state index in [0.717, 1.165) is 52.9 Å². The van der Waals surface area contributed by atoms with Crippen molar-refractivity contribution in [3.05, 3.63) is 86.1 Å². The minimum Gasteiger partial charge on any atom is -0.446 e. The van der Waals surface area contributed by atoms with Crippen LogP contribution < -0.4 is 20.7 Å². The number of aliphatic hydroxyl groups excluding tert-OH is 1. The first-order valence-corrected chi connectivity index (χ1v) is 14.6. The Balaban J connectivity index is 1.54. The van der Waals surface area contributed by atoms with Crippen molar-refractivity contribution in [2.24, 2.45) is 7.05 Å². The second kappa shape index (κ2) is 12.9. The summed E-state index contributed by atoms with van der Waals surface area (Å²) in [7, 11) is 1.51. The molecule has 2 unspecified atom stereocenters. The number of halogens is 3. The van der Waals surface area contributed by atoms with Crippen molar-refractivity contribution in [1.29, 1.82) is 0 Å². The predicted octanol–water partition coefficient (Wildman–Crippen LogP) is 5.78. The van der Waals surface area contributed by atoms with Crippen LogP contribution >= 0.6 is 11.3 Å². The van der Waals surface area contributed by atoms with E-state index in [0.29, 0.717) is 18.6 Å². The third-order valence-corrected chi connectivity index (χ3v) is 8.22. The molecule has 1 aliphatic heterocycles. The molecular formula is C30H31F3N2O7S. The summed E-state index contributed by atoms with van der Waals surface area (Å²) in [5, 5.41) is 11.7. The van der Waals surface area contributed by atoms with E-state index >= 15 is 0 Å². The number of fused-ring (bicyclic) bond motifs is 1. The van der Waals surface area contributed by atoms with Gasteiger partial charge in [0.1, 0.15) is 22.4 Å². The van der Waals surface area contributed by atoms with E-state index in [9.17, 15) is 27.9 Å². The first-order chi connectivity index (χ1) is 20.5. The highest BCUT2D eigenvalue weighted by Gasteiger charge is 2.32. The Labute approximate surface area is 248 Å². The van der Waals surface area contributed by atoms with Crippen LogP contribution in [0.25, 0.3) is 10.2 Å². The number of alkyl halides is 3. The van der Waals surface area contributed by atoms with Crippen molar-refractivity contribution in [3.63, 3.8) is 0 Å². The van der Waals surface area contributed by atoms with Crippen molar-refractivity contribution in [2.75, 3.05) is 13.2 Å².